The predicted molar refractivity (Wildman–Crippen MR) is 201 cm³/mol. The van der Waals surface area contributed by atoms with E-state index in [0.29, 0.717) is 19.4 Å². The van der Waals surface area contributed by atoms with Gasteiger partial charge in [-0.3, -0.25) is 29.0 Å². The lowest BCUT2D eigenvalue weighted by Crippen LogP contribution is -2.60. The third-order valence-corrected chi connectivity index (χ3v) is 8.68. The monoisotopic (exact) mass is 711 g/mol. The summed E-state index contributed by atoms with van der Waals surface area (Å²) in [4.78, 5) is 75.5. The second-order valence-corrected chi connectivity index (χ2v) is 13.6. The van der Waals surface area contributed by atoms with E-state index in [9.17, 15) is 24.0 Å². The molecule has 1 aliphatic rings. The molecule has 1 unspecified atom stereocenters. The predicted octanol–water partition coefficient (Wildman–Crippen LogP) is 0.787. The van der Waals surface area contributed by atoms with Gasteiger partial charge in [0.05, 0.1) is 11.6 Å². The van der Waals surface area contributed by atoms with Crippen LogP contribution in [0.3, 0.4) is 0 Å². The lowest BCUT2D eigenvalue weighted by atomic mass is 9.98. The van der Waals surface area contributed by atoms with Crippen molar-refractivity contribution in [1.82, 2.24) is 21.3 Å². The van der Waals surface area contributed by atoms with E-state index in [4.69, 9.17) is 17.2 Å². The third kappa shape index (κ3) is 11.8. The molecule has 5 atom stereocenters. The molecule has 276 valence electrons. The Labute approximate surface area is 303 Å². The quantitative estimate of drug-likeness (QED) is 0.0882. The van der Waals surface area contributed by atoms with Crippen molar-refractivity contribution in [2.45, 2.75) is 88.1 Å². The Balaban J connectivity index is 1.64. The molecule has 0 aromatic heterocycles. The second kappa shape index (κ2) is 18.7. The van der Waals surface area contributed by atoms with E-state index < -0.39 is 65.3 Å². The number of rotatable bonds is 19. The number of aliphatic imine (C=N–C) groups is 2. The minimum absolute atomic E-state index is 0.0527. The number of hydrogen-bond acceptors (Lipinski definition) is 9. The van der Waals surface area contributed by atoms with E-state index in [1.54, 1.807) is 6.21 Å². The van der Waals surface area contributed by atoms with Gasteiger partial charge in [0.25, 0.3) is 0 Å². The molecular weight excluding hydrogens is 662 g/mol. The highest BCUT2D eigenvalue weighted by molar-refractivity contribution is 5.97. The first-order valence-corrected chi connectivity index (χ1v) is 17.4. The number of carbonyl (C=O) groups excluding carboxylic acids is 5. The second-order valence-electron chi connectivity index (χ2n) is 13.6. The Morgan fingerprint density at radius 1 is 0.731 bits per heavy atom. The lowest BCUT2D eigenvalue weighted by Gasteiger charge is -2.28. The molecule has 1 aliphatic heterocycles. The molecule has 4 rings (SSSR count). The highest BCUT2D eigenvalue weighted by atomic mass is 16.2. The molecule has 0 fully saturated rings. The molecular formula is C38H49N9O5. The van der Waals surface area contributed by atoms with Gasteiger partial charge in [-0.15, -0.1) is 0 Å². The molecule has 0 saturated carbocycles. The fraction of sp³-hybridized carbons (Fsp3) is 0.395. The van der Waals surface area contributed by atoms with Gasteiger partial charge in [-0.05, 0) is 61.6 Å². The number of hydrogen-bond donors (Lipinski definition) is 7. The molecule has 1 heterocycles. The zero-order chi connectivity index (χ0) is 37.7. The number of carbonyl (C=O) groups is 5. The average molecular weight is 712 g/mol. The summed E-state index contributed by atoms with van der Waals surface area (Å²) in [7, 11) is 0. The molecule has 5 amide bonds. The van der Waals surface area contributed by atoms with Crippen LogP contribution >= 0.6 is 0 Å². The van der Waals surface area contributed by atoms with Crippen LogP contribution in [0, 0.1) is 0 Å². The number of nitrogens with one attached hydrogen (secondary N) is 4. The zero-order valence-electron chi connectivity index (χ0n) is 29.6. The van der Waals surface area contributed by atoms with Crippen molar-refractivity contribution >= 4 is 52.9 Å². The van der Waals surface area contributed by atoms with E-state index in [1.807, 2.05) is 72.8 Å². The Hall–Kier alpha value is -5.47. The van der Waals surface area contributed by atoms with Crippen LogP contribution in [-0.2, 0) is 36.8 Å². The summed E-state index contributed by atoms with van der Waals surface area (Å²) < 4.78 is 0. The minimum Gasteiger partial charge on any atom is -0.368 e. The first-order chi connectivity index (χ1) is 24.8. The molecule has 0 saturated heterocycles. The summed E-state index contributed by atoms with van der Waals surface area (Å²) in [6.07, 6.45) is 4.62. The van der Waals surface area contributed by atoms with Gasteiger partial charge in [-0.2, -0.15) is 0 Å². The highest BCUT2D eigenvalue weighted by Gasteiger charge is 2.34. The molecule has 52 heavy (non-hydrogen) atoms. The Morgan fingerprint density at radius 3 is 1.92 bits per heavy atom. The first-order valence-electron chi connectivity index (χ1n) is 17.4. The van der Waals surface area contributed by atoms with Crippen molar-refractivity contribution in [3.63, 3.8) is 0 Å². The van der Waals surface area contributed by atoms with Crippen LogP contribution in [0.15, 0.2) is 82.8 Å². The SMILES string of the molecule is CC(C)(N)C(=O)N[C@@H](CC1C=NC=N1)C(=O)N[C@H](Cc1ccc2ccccc2c1)C(=O)N[C@H](Cc1ccccc1)C(=O)N[C@@H](CCCCN)C(N)=O. The van der Waals surface area contributed by atoms with E-state index in [-0.39, 0.29) is 25.7 Å². The molecule has 14 nitrogen and oxygen atoms in total. The fourth-order valence-corrected chi connectivity index (χ4v) is 5.70. The van der Waals surface area contributed by atoms with Crippen LogP contribution in [0.25, 0.3) is 10.8 Å². The molecule has 0 aliphatic carbocycles. The van der Waals surface area contributed by atoms with Gasteiger partial charge >= 0.3 is 0 Å². The van der Waals surface area contributed by atoms with Gasteiger partial charge in [0.2, 0.25) is 29.5 Å². The number of nitrogens with zero attached hydrogens (tertiary/aromatic N) is 2. The summed E-state index contributed by atoms with van der Waals surface area (Å²) >= 11 is 0. The lowest BCUT2D eigenvalue weighted by molar-refractivity contribution is -0.135. The fourth-order valence-electron chi connectivity index (χ4n) is 5.70. The smallest absolute Gasteiger partial charge is 0.243 e. The Bertz CT molecular complexity index is 1760. The van der Waals surface area contributed by atoms with Crippen LogP contribution in [-0.4, -0.2) is 84.4 Å². The average Bonchev–Trinajstić information content (AvgIpc) is 3.63. The van der Waals surface area contributed by atoms with E-state index in [0.717, 1.165) is 21.9 Å². The maximum atomic E-state index is 14.3. The highest BCUT2D eigenvalue weighted by Crippen LogP contribution is 2.18. The van der Waals surface area contributed by atoms with Crippen molar-refractivity contribution in [3.8, 4) is 0 Å². The normalized spacial score (nSPS) is 16.0. The van der Waals surface area contributed by atoms with Crippen molar-refractivity contribution in [1.29, 1.82) is 0 Å². The minimum atomic E-state index is -1.29. The Morgan fingerprint density at radius 2 is 1.33 bits per heavy atom. The van der Waals surface area contributed by atoms with Gasteiger partial charge in [0.1, 0.15) is 30.5 Å². The van der Waals surface area contributed by atoms with Crippen LogP contribution in [0.2, 0.25) is 0 Å². The molecule has 0 spiro atoms. The van der Waals surface area contributed by atoms with E-state index >= 15 is 0 Å². The molecule has 10 N–H and O–H groups in total. The maximum absolute atomic E-state index is 14.3. The number of fused-ring (bicyclic) bond motifs is 1. The molecule has 14 heteroatoms. The Kier molecular flexibility index (Phi) is 14.1. The topological polar surface area (TPSA) is 236 Å². The van der Waals surface area contributed by atoms with Gasteiger partial charge < -0.3 is 38.5 Å². The summed E-state index contributed by atoms with van der Waals surface area (Å²) in [5, 5.41) is 13.0. The third-order valence-electron chi connectivity index (χ3n) is 8.68. The summed E-state index contributed by atoms with van der Waals surface area (Å²) in [6.45, 7) is 3.45. The van der Waals surface area contributed by atoms with Gasteiger partial charge in [-0.1, -0.05) is 72.8 Å². The number of unbranched alkanes of at least 4 members (excludes halogenated alkanes) is 1. The van der Waals surface area contributed by atoms with Crippen molar-refractivity contribution in [2.75, 3.05) is 6.54 Å². The number of benzene rings is 3. The van der Waals surface area contributed by atoms with Crippen molar-refractivity contribution < 1.29 is 24.0 Å². The van der Waals surface area contributed by atoms with Crippen LogP contribution in [0.1, 0.15) is 50.7 Å². The standard InChI is InChI=1S/C38H49N9O5/c1-38(2,41)37(52)47-32(21-28-22-42-23-43-28)36(51)46-31(20-25-15-16-26-12-6-7-13-27(26)18-25)35(50)45-30(19-24-10-4-3-5-11-24)34(49)44-29(33(40)48)14-8-9-17-39/h3-7,10-13,15-16,18,22-23,28-32H,8-9,14,17,19-21,39,41H2,1-2H3,(H2,40,48)(H,44,49)(H,45,50)(H,46,51)(H,47,52)/t28?,29-,30+,31+,32-/m0/s1. The van der Waals surface area contributed by atoms with Gasteiger partial charge in [-0.25, -0.2) is 4.99 Å². The maximum Gasteiger partial charge on any atom is 0.243 e. The zero-order valence-corrected chi connectivity index (χ0v) is 29.6. The van der Waals surface area contributed by atoms with Crippen LogP contribution in [0.4, 0.5) is 0 Å². The van der Waals surface area contributed by atoms with Crippen LogP contribution < -0.4 is 38.5 Å². The molecule has 0 radical (unpaired) electrons. The summed E-state index contributed by atoms with van der Waals surface area (Å²) in [5.41, 5.74) is 17.5. The van der Waals surface area contributed by atoms with Crippen molar-refractivity contribution in [2.24, 2.45) is 27.2 Å². The van der Waals surface area contributed by atoms with Gasteiger partial charge in [0, 0.05) is 25.5 Å². The van der Waals surface area contributed by atoms with E-state index in [1.165, 1.54) is 20.2 Å². The summed E-state index contributed by atoms with van der Waals surface area (Å²) in [6, 6.07) is 17.6. The van der Waals surface area contributed by atoms with Gasteiger partial charge in [0.15, 0.2) is 0 Å². The van der Waals surface area contributed by atoms with Crippen molar-refractivity contribution in [3.05, 3.63) is 83.9 Å². The largest absolute Gasteiger partial charge is 0.368 e. The van der Waals surface area contributed by atoms with Crippen LogP contribution in [0.5, 0.6) is 0 Å². The number of primary amides is 1. The molecule has 3 aromatic rings. The van der Waals surface area contributed by atoms with E-state index in [2.05, 4.69) is 31.3 Å². The summed E-state index contributed by atoms with van der Waals surface area (Å²) in [5.74, 6) is -3.19. The number of amides is 5. The molecule has 0 bridgehead atoms. The number of nitrogens with two attached hydrogens (primary N) is 3. The molecule has 3 aromatic carbocycles. The first kappa shape index (κ1) is 39.3.